The lowest BCUT2D eigenvalue weighted by atomic mass is 10.1. The number of aromatic nitrogens is 3. The fraction of sp³-hybridized carbons (Fsp3) is 0.333. The summed E-state index contributed by atoms with van der Waals surface area (Å²) in [7, 11) is 0. The number of hydrogen-bond acceptors (Lipinski definition) is 5. The maximum absolute atomic E-state index is 5.39. The number of fused-ring (bicyclic) bond motifs is 1. The van der Waals surface area contributed by atoms with Crippen molar-refractivity contribution in [3.05, 3.63) is 42.9 Å². The van der Waals surface area contributed by atoms with E-state index in [2.05, 4.69) is 37.3 Å². The Balaban J connectivity index is 1.55. The first kappa shape index (κ1) is 15.1. The number of rotatable bonds is 5. The van der Waals surface area contributed by atoms with Crippen molar-refractivity contribution in [1.82, 2.24) is 19.9 Å². The SMILES string of the molecule is c1ccc(-c2c[nH]c3ncnc(NCCN4CCOCC4)c23)cc1. The molecule has 2 aromatic heterocycles. The summed E-state index contributed by atoms with van der Waals surface area (Å²) in [6.45, 7) is 5.49. The van der Waals surface area contributed by atoms with Gasteiger partial charge >= 0.3 is 0 Å². The Morgan fingerprint density at radius 3 is 2.79 bits per heavy atom. The Kier molecular flexibility index (Phi) is 4.40. The van der Waals surface area contributed by atoms with Gasteiger partial charge in [-0.15, -0.1) is 0 Å². The molecular weight excluding hydrogens is 302 g/mol. The molecule has 1 saturated heterocycles. The van der Waals surface area contributed by atoms with Crippen molar-refractivity contribution in [3.63, 3.8) is 0 Å². The fourth-order valence-corrected chi connectivity index (χ4v) is 3.10. The van der Waals surface area contributed by atoms with Crippen LogP contribution < -0.4 is 5.32 Å². The summed E-state index contributed by atoms with van der Waals surface area (Å²) in [5.41, 5.74) is 3.15. The predicted molar refractivity (Wildman–Crippen MR) is 95.1 cm³/mol. The molecule has 1 fully saturated rings. The monoisotopic (exact) mass is 323 g/mol. The van der Waals surface area contributed by atoms with E-state index in [0.717, 1.165) is 67.4 Å². The van der Waals surface area contributed by atoms with Crippen molar-refractivity contribution in [1.29, 1.82) is 0 Å². The molecule has 0 spiro atoms. The van der Waals surface area contributed by atoms with E-state index in [-0.39, 0.29) is 0 Å². The number of H-pyrrole nitrogens is 1. The maximum atomic E-state index is 5.39. The van der Waals surface area contributed by atoms with Crippen molar-refractivity contribution in [2.24, 2.45) is 0 Å². The van der Waals surface area contributed by atoms with E-state index in [9.17, 15) is 0 Å². The third-order valence-corrected chi connectivity index (χ3v) is 4.38. The van der Waals surface area contributed by atoms with Gasteiger partial charge in [0.15, 0.2) is 0 Å². The largest absolute Gasteiger partial charge is 0.379 e. The van der Waals surface area contributed by atoms with Crippen LogP contribution in [0.25, 0.3) is 22.2 Å². The highest BCUT2D eigenvalue weighted by atomic mass is 16.5. The van der Waals surface area contributed by atoms with Crippen LogP contribution in [-0.4, -0.2) is 59.2 Å². The van der Waals surface area contributed by atoms with E-state index in [4.69, 9.17) is 4.74 Å². The van der Waals surface area contributed by atoms with Crippen LogP contribution >= 0.6 is 0 Å². The highest BCUT2D eigenvalue weighted by molar-refractivity contribution is 6.00. The summed E-state index contributed by atoms with van der Waals surface area (Å²) in [4.78, 5) is 14.5. The second kappa shape index (κ2) is 6.98. The predicted octanol–water partition coefficient (Wildman–Crippen LogP) is 2.37. The zero-order valence-electron chi connectivity index (χ0n) is 13.5. The van der Waals surface area contributed by atoms with Crippen LogP contribution in [0.2, 0.25) is 0 Å². The molecule has 0 aliphatic carbocycles. The van der Waals surface area contributed by atoms with Crippen molar-refractivity contribution in [3.8, 4) is 11.1 Å². The average Bonchev–Trinajstić information content (AvgIpc) is 3.08. The van der Waals surface area contributed by atoms with Crippen molar-refractivity contribution >= 4 is 16.9 Å². The first-order valence-electron chi connectivity index (χ1n) is 8.33. The van der Waals surface area contributed by atoms with E-state index < -0.39 is 0 Å². The zero-order chi connectivity index (χ0) is 16.2. The summed E-state index contributed by atoms with van der Waals surface area (Å²) >= 11 is 0. The summed E-state index contributed by atoms with van der Waals surface area (Å²) in [5, 5.41) is 4.52. The highest BCUT2D eigenvalue weighted by Gasteiger charge is 2.13. The topological polar surface area (TPSA) is 66.1 Å². The van der Waals surface area contributed by atoms with Crippen LogP contribution in [0.1, 0.15) is 0 Å². The third kappa shape index (κ3) is 3.11. The van der Waals surface area contributed by atoms with Gasteiger partial charge in [0.1, 0.15) is 17.8 Å². The summed E-state index contributed by atoms with van der Waals surface area (Å²) in [6.07, 6.45) is 3.60. The van der Waals surface area contributed by atoms with Gasteiger partial charge < -0.3 is 15.0 Å². The van der Waals surface area contributed by atoms with E-state index >= 15 is 0 Å². The number of ether oxygens (including phenoxy) is 1. The standard InChI is InChI=1S/C18H21N5O/c1-2-4-14(5-3-1)15-12-20-18-16(15)17(21-13-22-18)19-6-7-23-8-10-24-11-9-23/h1-5,12-13H,6-11H2,(H2,19,20,21,22). The molecule has 0 saturated carbocycles. The molecule has 3 aromatic rings. The number of anilines is 1. The van der Waals surface area contributed by atoms with Gasteiger partial charge in [-0.2, -0.15) is 0 Å². The Hall–Kier alpha value is -2.44. The number of nitrogens with one attached hydrogen (secondary N) is 2. The second-order valence-corrected chi connectivity index (χ2v) is 5.90. The Morgan fingerprint density at radius 2 is 1.96 bits per heavy atom. The Labute approximate surface area is 140 Å². The van der Waals surface area contributed by atoms with E-state index in [1.54, 1.807) is 6.33 Å². The molecule has 6 heteroatoms. The average molecular weight is 323 g/mol. The van der Waals surface area contributed by atoms with Gasteiger partial charge in [0.25, 0.3) is 0 Å². The summed E-state index contributed by atoms with van der Waals surface area (Å²) < 4.78 is 5.39. The van der Waals surface area contributed by atoms with Gasteiger partial charge in [0, 0.05) is 37.9 Å². The van der Waals surface area contributed by atoms with E-state index in [1.165, 1.54) is 0 Å². The molecule has 1 aromatic carbocycles. The lowest BCUT2D eigenvalue weighted by Crippen LogP contribution is -2.39. The molecule has 4 rings (SSSR count). The lowest BCUT2D eigenvalue weighted by molar-refractivity contribution is 0.0398. The molecule has 0 atom stereocenters. The summed E-state index contributed by atoms with van der Waals surface area (Å²) in [6, 6.07) is 10.3. The molecule has 6 nitrogen and oxygen atoms in total. The molecule has 0 unspecified atom stereocenters. The molecule has 3 heterocycles. The number of nitrogens with zero attached hydrogens (tertiary/aromatic N) is 3. The smallest absolute Gasteiger partial charge is 0.143 e. The molecular formula is C18H21N5O. The number of hydrogen-bond donors (Lipinski definition) is 2. The van der Waals surface area contributed by atoms with E-state index in [1.807, 2.05) is 24.4 Å². The minimum atomic E-state index is 0.827. The van der Waals surface area contributed by atoms with Crippen LogP contribution in [0.15, 0.2) is 42.9 Å². The first-order valence-corrected chi connectivity index (χ1v) is 8.33. The molecule has 0 bridgehead atoms. The van der Waals surface area contributed by atoms with Gasteiger partial charge in [0.2, 0.25) is 0 Å². The fourth-order valence-electron chi connectivity index (χ4n) is 3.10. The molecule has 2 N–H and O–H groups in total. The molecule has 1 aliphatic heterocycles. The Bertz CT molecular complexity index is 796. The first-order chi connectivity index (χ1) is 11.9. The van der Waals surface area contributed by atoms with Gasteiger partial charge in [-0.3, -0.25) is 4.90 Å². The van der Waals surface area contributed by atoms with Crippen LogP contribution in [0.5, 0.6) is 0 Å². The minimum absolute atomic E-state index is 0.827. The van der Waals surface area contributed by atoms with Gasteiger partial charge in [-0.05, 0) is 5.56 Å². The van der Waals surface area contributed by atoms with E-state index in [0.29, 0.717) is 0 Å². The number of aromatic amines is 1. The molecule has 0 amide bonds. The Morgan fingerprint density at radius 1 is 1.12 bits per heavy atom. The molecule has 1 aliphatic rings. The lowest BCUT2D eigenvalue weighted by Gasteiger charge is -2.26. The number of morpholine rings is 1. The highest BCUT2D eigenvalue weighted by Crippen LogP contribution is 2.31. The van der Waals surface area contributed by atoms with Gasteiger partial charge in [-0.1, -0.05) is 30.3 Å². The molecule has 124 valence electrons. The van der Waals surface area contributed by atoms with Crippen LogP contribution in [0, 0.1) is 0 Å². The maximum Gasteiger partial charge on any atom is 0.143 e. The van der Waals surface area contributed by atoms with Crippen LogP contribution in [0.3, 0.4) is 0 Å². The zero-order valence-corrected chi connectivity index (χ0v) is 13.5. The summed E-state index contributed by atoms with van der Waals surface area (Å²) in [5.74, 6) is 0.883. The minimum Gasteiger partial charge on any atom is -0.379 e. The second-order valence-electron chi connectivity index (χ2n) is 5.90. The van der Waals surface area contributed by atoms with Crippen molar-refractivity contribution in [2.75, 3.05) is 44.7 Å². The number of benzene rings is 1. The van der Waals surface area contributed by atoms with Crippen molar-refractivity contribution < 1.29 is 4.74 Å². The van der Waals surface area contributed by atoms with Gasteiger partial charge in [-0.25, -0.2) is 9.97 Å². The van der Waals surface area contributed by atoms with Crippen LogP contribution in [0.4, 0.5) is 5.82 Å². The van der Waals surface area contributed by atoms with Gasteiger partial charge in [0.05, 0.1) is 18.6 Å². The van der Waals surface area contributed by atoms with Crippen LogP contribution in [-0.2, 0) is 4.74 Å². The normalized spacial score (nSPS) is 15.7. The molecule has 0 radical (unpaired) electrons. The quantitative estimate of drug-likeness (QED) is 0.754. The third-order valence-electron chi connectivity index (χ3n) is 4.38. The van der Waals surface area contributed by atoms with Crippen molar-refractivity contribution in [2.45, 2.75) is 0 Å². The molecule has 24 heavy (non-hydrogen) atoms.